The number of carbonyl (C=O) groups excluding carboxylic acids is 2. The Balaban J connectivity index is 1.09. The van der Waals surface area contributed by atoms with Gasteiger partial charge in [0.1, 0.15) is 0 Å². The third kappa shape index (κ3) is 5.58. The molecule has 0 radical (unpaired) electrons. The van der Waals surface area contributed by atoms with Crippen LogP contribution in [0.3, 0.4) is 0 Å². The van der Waals surface area contributed by atoms with E-state index in [0.29, 0.717) is 19.0 Å². The Morgan fingerprint density at radius 2 is 1.79 bits per heavy atom. The largest absolute Gasteiger partial charge is 0.442 e. The number of anilines is 1. The van der Waals surface area contributed by atoms with Gasteiger partial charge in [0.25, 0.3) is 0 Å². The number of aromatic nitrogens is 5. The smallest absolute Gasteiger partial charge is 0.313 e. The van der Waals surface area contributed by atoms with Gasteiger partial charge in [-0.1, -0.05) is 36.4 Å². The van der Waals surface area contributed by atoms with Gasteiger partial charge in [-0.25, -0.2) is 14.6 Å². The van der Waals surface area contributed by atoms with Crippen LogP contribution in [0, 0.1) is 5.41 Å². The molecule has 1 aliphatic carbocycles. The fraction of sp³-hybridized carbons (Fsp3) is 0.429. The molecular formula is C28H33N7O3. The first-order chi connectivity index (χ1) is 18.1. The second-order valence-corrected chi connectivity index (χ2v) is 11.4. The molecule has 0 bridgehead atoms. The monoisotopic (exact) mass is 515 g/mol. The van der Waals surface area contributed by atoms with E-state index in [2.05, 4.69) is 49.9 Å². The van der Waals surface area contributed by atoms with E-state index in [9.17, 15) is 9.59 Å². The van der Waals surface area contributed by atoms with Gasteiger partial charge in [0.05, 0.1) is 17.3 Å². The molecule has 10 heteroatoms. The number of nitrogens with one attached hydrogen (secondary N) is 1. The molecule has 3 aromatic rings. The summed E-state index contributed by atoms with van der Waals surface area (Å²) in [5.41, 5.74) is 3.39. The first kappa shape index (κ1) is 25.6. The van der Waals surface area contributed by atoms with Gasteiger partial charge < -0.3 is 15.0 Å². The Morgan fingerprint density at radius 1 is 1.13 bits per heavy atom. The van der Waals surface area contributed by atoms with Crippen molar-refractivity contribution in [3.8, 4) is 0 Å². The number of rotatable bonds is 7. The number of hydrogen-bond acceptors (Lipinski definition) is 8. The normalized spacial score (nSPS) is 16.8. The molecule has 198 valence electrons. The Hall–Kier alpha value is -4.08. The number of carbonyl (C=O) groups is 2. The van der Waals surface area contributed by atoms with Crippen molar-refractivity contribution in [3.63, 3.8) is 0 Å². The van der Waals surface area contributed by atoms with Gasteiger partial charge in [-0.2, -0.15) is 0 Å². The maximum atomic E-state index is 12.7. The summed E-state index contributed by atoms with van der Waals surface area (Å²) in [6.45, 7) is 8.50. The van der Waals surface area contributed by atoms with Gasteiger partial charge in [-0.15, -0.1) is 5.10 Å². The van der Waals surface area contributed by atoms with Gasteiger partial charge in [-0.3, -0.25) is 9.59 Å². The third-order valence-corrected chi connectivity index (χ3v) is 6.96. The van der Waals surface area contributed by atoms with Crippen molar-refractivity contribution in [1.82, 2.24) is 29.9 Å². The third-order valence-electron chi connectivity index (χ3n) is 6.96. The zero-order chi connectivity index (χ0) is 26.9. The molecule has 0 spiro atoms. The maximum Gasteiger partial charge on any atom is 0.313 e. The quantitative estimate of drug-likeness (QED) is 0.377. The van der Waals surface area contributed by atoms with Gasteiger partial charge in [0.2, 0.25) is 11.9 Å². The van der Waals surface area contributed by atoms with Crippen molar-refractivity contribution in [1.29, 1.82) is 0 Å². The number of benzene rings is 1. The minimum absolute atomic E-state index is 0.00918. The standard InChI is InChI=1S/C28H33N7O3/c1-27(2,3)25(37)38-18-35-15-23(32-33-35)28(4)16-34(17-28)24(36)10-9-19-13-29-26(30-14-19)31-22-11-20-7-5-6-8-21(20)12-22/h5-10,13-15,22H,11-12,16-18H2,1-4H3,(H,29,30,31)/b10-9+. The SMILES string of the molecule is CC(C)(C)C(=O)OCn1cc(C2(C)CN(C(=O)/C=C/c3cnc(NC4Cc5ccccc5C4)nc3)C2)nn1. The van der Waals surface area contributed by atoms with Crippen LogP contribution < -0.4 is 5.32 Å². The van der Waals surface area contributed by atoms with E-state index in [1.54, 1.807) is 56.4 Å². The molecule has 2 aromatic heterocycles. The Labute approximate surface area is 222 Å². The van der Waals surface area contributed by atoms with Gasteiger partial charge in [0, 0.05) is 48.6 Å². The van der Waals surface area contributed by atoms with Gasteiger partial charge in [0.15, 0.2) is 6.73 Å². The Bertz CT molecular complexity index is 1330. The van der Waals surface area contributed by atoms with E-state index in [1.165, 1.54) is 15.8 Å². The van der Waals surface area contributed by atoms with Crippen LogP contribution in [0.25, 0.3) is 6.08 Å². The van der Waals surface area contributed by atoms with Crippen LogP contribution in [0.2, 0.25) is 0 Å². The number of hydrogen-bond donors (Lipinski definition) is 1. The number of likely N-dealkylation sites (tertiary alicyclic amines) is 1. The lowest BCUT2D eigenvalue weighted by Gasteiger charge is -2.46. The zero-order valence-electron chi connectivity index (χ0n) is 22.2. The maximum absolute atomic E-state index is 12.7. The lowest BCUT2D eigenvalue weighted by Crippen LogP contribution is -2.59. The van der Waals surface area contributed by atoms with Crippen LogP contribution in [0.1, 0.15) is 50.1 Å². The van der Waals surface area contributed by atoms with E-state index in [4.69, 9.17) is 4.74 Å². The van der Waals surface area contributed by atoms with Gasteiger partial charge >= 0.3 is 5.97 Å². The predicted octanol–water partition coefficient (Wildman–Crippen LogP) is 3.01. The van der Waals surface area contributed by atoms with Crippen molar-refractivity contribution < 1.29 is 14.3 Å². The van der Waals surface area contributed by atoms with E-state index in [0.717, 1.165) is 24.1 Å². The van der Waals surface area contributed by atoms with Crippen LogP contribution in [0.15, 0.2) is 48.9 Å². The first-order valence-corrected chi connectivity index (χ1v) is 12.8. The van der Waals surface area contributed by atoms with Gasteiger partial charge in [-0.05, 0) is 50.8 Å². The zero-order valence-corrected chi connectivity index (χ0v) is 22.2. The van der Waals surface area contributed by atoms with Crippen LogP contribution in [-0.4, -0.2) is 60.9 Å². The summed E-state index contributed by atoms with van der Waals surface area (Å²) < 4.78 is 6.79. The summed E-state index contributed by atoms with van der Waals surface area (Å²) in [6, 6.07) is 8.76. The summed E-state index contributed by atoms with van der Waals surface area (Å²) in [6.07, 6.45) is 10.4. The average Bonchev–Trinajstić information content (AvgIpc) is 3.51. The first-order valence-electron chi connectivity index (χ1n) is 12.8. The summed E-state index contributed by atoms with van der Waals surface area (Å²) in [5.74, 6) is 0.204. The van der Waals surface area contributed by atoms with Crippen molar-refractivity contribution in [2.75, 3.05) is 18.4 Å². The molecule has 1 N–H and O–H groups in total. The van der Waals surface area contributed by atoms with Crippen molar-refractivity contribution in [3.05, 3.63) is 71.3 Å². The number of fused-ring (bicyclic) bond motifs is 1. The van der Waals surface area contributed by atoms with E-state index < -0.39 is 5.41 Å². The fourth-order valence-electron chi connectivity index (χ4n) is 4.71. The molecule has 38 heavy (non-hydrogen) atoms. The minimum Gasteiger partial charge on any atom is -0.442 e. The number of nitrogens with zero attached hydrogens (tertiary/aromatic N) is 6. The molecule has 10 nitrogen and oxygen atoms in total. The lowest BCUT2D eigenvalue weighted by molar-refractivity contribution is -0.157. The highest BCUT2D eigenvalue weighted by Gasteiger charge is 2.44. The summed E-state index contributed by atoms with van der Waals surface area (Å²) in [5, 5.41) is 11.7. The highest BCUT2D eigenvalue weighted by molar-refractivity contribution is 5.92. The number of ether oxygens (including phenoxy) is 1. The number of esters is 1. The Morgan fingerprint density at radius 3 is 2.42 bits per heavy atom. The highest BCUT2D eigenvalue weighted by Crippen LogP contribution is 2.33. The lowest BCUT2D eigenvalue weighted by atomic mass is 9.79. The minimum atomic E-state index is -0.578. The van der Waals surface area contributed by atoms with Crippen LogP contribution in [-0.2, 0) is 39.3 Å². The molecule has 2 aliphatic rings. The van der Waals surface area contributed by atoms with Crippen molar-refractivity contribution in [2.24, 2.45) is 5.41 Å². The van der Waals surface area contributed by atoms with E-state index in [1.807, 2.05) is 6.92 Å². The number of amides is 1. The van der Waals surface area contributed by atoms with Crippen molar-refractivity contribution in [2.45, 2.75) is 58.7 Å². The van der Waals surface area contributed by atoms with Crippen molar-refractivity contribution >= 4 is 23.9 Å². The molecule has 1 aromatic carbocycles. The predicted molar refractivity (Wildman–Crippen MR) is 142 cm³/mol. The van der Waals surface area contributed by atoms with E-state index in [-0.39, 0.29) is 30.1 Å². The van der Waals surface area contributed by atoms with E-state index >= 15 is 0 Å². The molecular weight excluding hydrogens is 482 g/mol. The summed E-state index contributed by atoms with van der Waals surface area (Å²) in [7, 11) is 0. The molecule has 3 heterocycles. The van der Waals surface area contributed by atoms with Crippen LogP contribution in [0.4, 0.5) is 5.95 Å². The topological polar surface area (TPSA) is 115 Å². The Kier molecular flexibility index (Phi) is 6.73. The molecule has 1 fully saturated rings. The average molecular weight is 516 g/mol. The van der Waals surface area contributed by atoms with Crippen LogP contribution in [0.5, 0.6) is 0 Å². The second-order valence-electron chi connectivity index (χ2n) is 11.4. The molecule has 5 rings (SSSR count). The summed E-state index contributed by atoms with van der Waals surface area (Å²) in [4.78, 5) is 35.2. The summed E-state index contributed by atoms with van der Waals surface area (Å²) >= 11 is 0. The fourth-order valence-corrected chi connectivity index (χ4v) is 4.71. The molecule has 1 aliphatic heterocycles. The second kappa shape index (κ2) is 10.00. The molecule has 0 atom stereocenters. The molecule has 1 saturated heterocycles. The van der Waals surface area contributed by atoms with Crippen LogP contribution >= 0.6 is 0 Å². The molecule has 1 amide bonds. The molecule has 0 saturated carbocycles. The molecule has 0 unspecified atom stereocenters. The highest BCUT2D eigenvalue weighted by atomic mass is 16.5.